The molecule has 2 aromatic rings. The van der Waals surface area contributed by atoms with E-state index < -0.39 is 0 Å². The van der Waals surface area contributed by atoms with E-state index in [1.165, 1.54) is 0 Å². The van der Waals surface area contributed by atoms with Gasteiger partial charge in [0.15, 0.2) is 0 Å². The molecule has 1 aliphatic rings. The molecule has 0 aliphatic carbocycles. The molecule has 2 aromatic heterocycles. The lowest BCUT2D eigenvalue weighted by atomic mass is 9.91. The first-order chi connectivity index (χ1) is 10.7. The van der Waals surface area contributed by atoms with Crippen molar-refractivity contribution in [1.82, 2.24) is 9.88 Å². The summed E-state index contributed by atoms with van der Waals surface area (Å²) in [4.78, 5) is 19.7. The maximum absolute atomic E-state index is 12.5. The van der Waals surface area contributed by atoms with Gasteiger partial charge in [0.2, 0.25) is 11.8 Å². The van der Waals surface area contributed by atoms with Gasteiger partial charge in [-0.25, -0.2) is 4.98 Å². The number of aromatic nitrogens is 1. The Bertz CT molecular complexity index is 623. The van der Waals surface area contributed by atoms with E-state index in [0.29, 0.717) is 24.0 Å². The molecule has 2 atom stereocenters. The van der Waals surface area contributed by atoms with Crippen LogP contribution in [0.5, 0.6) is 0 Å². The summed E-state index contributed by atoms with van der Waals surface area (Å²) in [6.45, 7) is 2.82. The number of aliphatic hydroxyl groups excluding tert-OH is 1. The predicted octanol–water partition coefficient (Wildman–Crippen LogP) is 2.57. The van der Waals surface area contributed by atoms with Gasteiger partial charge in [-0.3, -0.25) is 4.79 Å². The molecule has 0 spiro atoms. The summed E-state index contributed by atoms with van der Waals surface area (Å²) in [5, 5.41) is 11.5. The molecule has 118 valence electrons. The molecule has 0 aromatic carbocycles. The summed E-state index contributed by atoms with van der Waals surface area (Å²) < 4.78 is 5.45. The van der Waals surface area contributed by atoms with E-state index in [9.17, 15) is 9.90 Å². The van der Waals surface area contributed by atoms with Gasteiger partial charge >= 0.3 is 0 Å². The van der Waals surface area contributed by atoms with Crippen molar-refractivity contribution in [3.63, 3.8) is 0 Å². The van der Waals surface area contributed by atoms with Gasteiger partial charge in [0.1, 0.15) is 6.26 Å². The molecule has 1 saturated heterocycles. The molecule has 1 amide bonds. The Kier molecular flexibility index (Phi) is 4.59. The highest BCUT2D eigenvalue weighted by atomic mass is 32.1. The van der Waals surface area contributed by atoms with Crippen LogP contribution < -0.4 is 0 Å². The van der Waals surface area contributed by atoms with Crippen LogP contribution in [0.15, 0.2) is 28.2 Å². The fourth-order valence-electron chi connectivity index (χ4n) is 3.00. The van der Waals surface area contributed by atoms with Crippen molar-refractivity contribution < 1.29 is 14.3 Å². The van der Waals surface area contributed by atoms with Gasteiger partial charge in [-0.05, 0) is 30.2 Å². The minimum Gasteiger partial charge on any atom is -0.444 e. The molecule has 0 saturated carbocycles. The van der Waals surface area contributed by atoms with Crippen molar-refractivity contribution in [2.24, 2.45) is 5.92 Å². The average molecular weight is 320 g/mol. The Morgan fingerprint density at radius 3 is 3.18 bits per heavy atom. The van der Waals surface area contributed by atoms with Crippen LogP contribution in [0.2, 0.25) is 0 Å². The van der Waals surface area contributed by atoms with E-state index >= 15 is 0 Å². The molecular formula is C16H20N2O3S. The van der Waals surface area contributed by atoms with Gasteiger partial charge in [-0.15, -0.1) is 11.3 Å². The number of piperidine rings is 1. The van der Waals surface area contributed by atoms with Gasteiger partial charge in [-0.1, -0.05) is 13.0 Å². The molecule has 1 N–H and O–H groups in total. The topological polar surface area (TPSA) is 66.6 Å². The first-order valence-corrected chi connectivity index (χ1v) is 8.45. The second-order valence-corrected chi connectivity index (χ2v) is 6.70. The molecule has 1 aliphatic heterocycles. The van der Waals surface area contributed by atoms with Gasteiger partial charge < -0.3 is 14.4 Å². The zero-order valence-corrected chi connectivity index (χ0v) is 13.4. The first kappa shape index (κ1) is 15.2. The monoisotopic (exact) mass is 320 g/mol. The fraction of sp³-hybridized carbons (Fsp3) is 0.500. The highest BCUT2D eigenvalue weighted by molar-refractivity contribution is 7.13. The van der Waals surface area contributed by atoms with Crippen LogP contribution in [0.1, 0.15) is 25.5 Å². The number of carbonyl (C=O) groups excluding carboxylic acids is 1. The molecule has 5 nitrogen and oxygen atoms in total. The van der Waals surface area contributed by atoms with Crippen molar-refractivity contribution in [2.75, 3.05) is 13.2 Å². The molecule has 0 radical (unpaired) electrons. The Balaban J connectivity index is 1.69. The fourth-order valence-corrected chi connectivity index (χ4v) is 3.65. The number of thiophene rings is 1. The smallest absolute Gasteiger partial charge is 0.236 e. The van der Waals surface area contributed by atoms with Gasteiger partial charge in [-0.2, -0.15) is 0 Å². The number of rotatable bonds is 4. The third-order valence-electron chi connectivity index (χ3n) is 4.24. The standard InChI is InChI=1S/C16H20N2O3S/c1-11-4-2-6-18(13(11)9-19)15(20)8-12-10-21-16(17-12)14-5-3-7-22-14/h3,5,7,10-11,13,19H,2,4,6,8-9H2,1H3. The summed E-state index contributed by atoms with van der Waals surface area (Å²) in [5.74, 6) is 0.904. The lowest BCUT2D eigenvalue weighted by Crippen LogP contribution is -2.50. The van der Waals surface area contributed by atoms with Crippen molar-refractivity contribution >= 4 is 17.2 Å². The quantitative estimate of drug-likeness (QED) is 0.940. The van der Waals surface area contributed by atoms with Crippen LogP contribution in [-0.2, 0) is 11.2 Å². The number of nitrogens with zero attached hydrogens (tertiary/aromatic N) is 2. The third-order valence-corrected chi connectivity index (χ3v) is 5.10. The molecule has 1 fully saturated rings. The van der Waals surface area contributed by atoms with Crippen molar-refractivity contribution in [3.8, 4) is 10.8 Å². The second kappa shape index (κ2) is 6.62. The molecule has 3 rings (SSSR count). The minimum atomic E-state index is -0.0788. The Morgan fingerprint density at radius 1 is 1.59 bits per heavy atom. The lowest BCUT2D eigenvalue weighted by molar-refractivity contribution is -0.136. The van der Waals surface area contributed by atoms with E-state index in [1.54, 1.807) is 22.5 Å². The van der Waals surface area contributed by atoms with E-state index in [2.05, 4.69) is 11.9 Å². The number of amides is 1. The SMILES string of the molecule is CC1CCCN(C(=O)Cc2coc(-c3cccs3)n2)C1CO. The van der Waals surface area contributed by atoms with Gasteiger partial charge in [0, 0.05) is 6.54 Å². The summed E-state index contributed by atoms with van der Waals surface area (Å²) >= 11 is 1.56. The normalized spacial score (nSPS) is 22.0. The highest BCUT2D eigenvalue weighted by Gasteiger charge is 2.31. The summed E-state index contributed by atoms with van der Waals surface area (Å²) in [6, 6.07) is 3.80. The van der Waals surface area contributed by atoms with Crippen molar-refractivity contribution in [3.05, 3.63) is 29.5 Å². The number of aliphatic hydroxyl groups is 1. The van der Waals surface area contributed by atoms with E-state index in [-0.39, 0.29) is 25.0 Å². The lowest BCUT2D eigenvalue weighted by Gasteiger charge is -2.39. The molecule has 2 unspecified atom stereocenters. The maximum Gasteiger partial charge on any atom is 0.236 e. The number of likely N-dealkylation sites (tertiary alicyclic amines) is 1. The van der Waals surface area contributed by atoms with E-state index in [4.69, 9.17) is 4.42 Å². The van der Waals surface area contributed by atoms with Crippen LogP contribution in [0.3, 0.4) is 0 Å². The highest BCUT2D eigenvalue weighted by Crippen LogP contribution is 2.26. The second-order valence-electron chi connectivity index (χ2n) is 5.75. The van der Waals surface area contributed by atoms with Crippen LogP contribution in [0, 0.1) is 5.92 Å². The van der Waals surface area contributed by atoms with Crippen LogP contribution in [0.25, 0.3) is 10.8 Å². The number of oxazole rings is 1. The number of hydrogen-bond donors (Lipinski definition) is 1. The summed E-state index contributed by atoms with van der Waals surface area (Å²) in [7, 11) is 0. The van der Waals surface area contributed by atoms with Gasteiger partial charge in [0.25, 0.3) is 0 Å². The summed E-state index contributed by atoms with van der Waals surface area (Å²) in [5.41, 5.74) is 0.642. The first-order valence-electron chi connectivity index (χ1n) is 7.57. The van der Waals surface area contributed by atoms with Crippen LogP contribution >= 0.6 is 11.3 Å². The van der Waals surface area contributed by atoms with Crippen molar-refractivity contribution in [2.45, 2.75) is 32.2 Å². The van der Waals surface area contributed by atoms with Crippen LogP contribution in [-0.4, -0.2) is 40.1 Å². The Morgan fingerprint density at radius 2 is 2.45 bits per heavy atom. The molecule has 22 heavy (non-hydrogen) atoms. The molecule has 3 heterocycles. The number of carbonyl (C=O) groups is 1. The van der Waals surface area contributed by atoms with E-state index in [0.717, 1.165) is 17.7 Å². The number of hydrogen-bond acceptors (Lipinski definition) is 5. The minimum absolute atomic E-state index is 0.0108. The summed E-state index contributed by atoms with van der Waals surface area (Å²) in [6.07, 6.45) is 3.82. The van der Waals surface area contributed by atoms with Crippen molar-refractivity contribution in [1.29, 1.82) is 0 Å². The van der Waals surface area contributed by atoms with E-state index in [1.807, 2.05) is 17.5 Å². The molecule has 6 heteroatoms. The predicted molar refractivity (Wildman–Crippen MR) is 84.5 cm³/mol. The zero-order chi connectivity index (χ0) is 15.5. The maximum atomic E-state index is 12.5. The Hall–Kier alpha value is -1.66. The Labute approximate surface area is 133 Å². The van der Waals surface area contributed by atoms with Gasteiger partial charge in [0.05, 0.1) is 29.6 Å². The van der Waals surface area contributed by atoms with Crippen LogP contribution in [0.4, 0.5) is 0 Å². The molecular weight excluding hydrogens is 300 g/mol. The molecule has 0 bridgehead atoms. The zero-order valence-electron chi connectivity index (χ0n) is 12.6. The third kappa shape index (κ3) is 3.08. The largest absolute Gasteiger partial charge is 0.444 e. The average Bonchev–Trinajstić information content (AvgIpc) is 3.17.